The number of fused-ring (bicyclic) bond motifs is 1. The summed E-state index contributed by atoms with van der Waals surface area (Å²) in [5, 5.41) is 1.28. The third kappa shape index (κ3) is 6.76. The highest BCUT2D eigenvalue weighted by atomic mass is 32.2. The van der Waals surface area contributed by atoms with Crippen LogP contribution in [0.5, 0.6) is 5.75 Å². The number of aryl methyl sites for hydroxylation is 1. The summed E-state index contributed by atoms with van der Waals surface area (Å²) in [6, 6.07) is 13.4. The van der Waals surface area contributed by atoms with Crippen LogP contribution in [0.15, 0.2) is 48.7 Å². The van der Waals surface area contributed by atoms with Gasteiger partial charge in [0, 0.05) is 60.7 Å². The van der Waals surface area contributed by atoms with Gasteiger partial charge in [-0.15, -0.1) is 0 Å². The van der Waals surface area contributed by atoms with E-state index in [9.17, 15) is 4.79 Å². The fourth-order valence-electron chi connectivity index (χ4n) is 4.22. The Kier molecular flexibility index (Phi) is 9.66. The number of aromatic nitrogens is 1. The quantitative estimate of drug-likeness (QED) is 0.467. The molecule has 2 aromatic carbocycles. The van der Waals surface area contributed by atoms with Gasteiger partial charge in [0.25, 0.3) is 5.91 Å². The monoisotopic (exact) mass is 469 g/mol. The molecule has 178 valence electrons. The van der Waals surface area contributed by atoms with Gasteiger partial charge >= 0.3 is 0 Å². The molecule has 1 saturated heterocycles. The number of hydrogen-bond donors (Lipinski definition) is 2. The van der Waals surface area contributed by atoms with E-state index in [-0.39, 0.29) is 5.91 Å². The van der Waals surface area contributed by atoms with Crippen LogP contribution in [0.2, 0.25) is 0 Å². The molecule has 0 unspecified atom stereocenters. The van der Waals surface area contributed by atoms with E-state index < -0.39 is 0 Å². The zero-order valence-electron chi connectivity index (χ0n) is 20.0. The highest BCUT2D eigenvalue weighted by Gasteiger charge is 2.21. The Balaban J connectivity index is 0.000000235. The summed E-state index contributed by atoms with van der Waals surface area (Å²) >= 11 is 1.31. The van der Waals surface area contributed by atoms with Crippen LogP contribution < -0.4 is 9.46 Å². The maximum atomic E-state index is 11.1. The van der Waals surface area contributed by atoms with Crippen LogP contribution in [-0.2, 0) is 11.3 Å². The molecule has 4 rings (SSSR count). The van der Waals surface area contributed by atoms with E-state index in [1.807, 2.05) is 30.7 Å². The second-order valence-electron chi connectivity index (χ2n) is 8.07. The minimum atomic E-state index is -0.0434. The van der Waals surface area contributed by atoms with Gasteiger partial charge in [-0.25, -0.2) is 0 Å². The lowest BCUT2D eigenvalue weighted by Crippen LogP contribution is -2.36. The van der Waals surface area contributed by atoms with Crippen LogP contribution in [0, 0.1) is 6.92 Å². The van der Waals surface area contributed by atoms with Crippen molar-refractivity contribution in [3.63, 3.8) is 0 Å². The van der Waals surface area contributed by atoms with Crippen molar-refractivity contribution in [1.82, 2.24) is 14.6 Å². The van der Waals surface area contributed by atoms with Crippen LogP contribution in [0.25, 0.3) is 10.9 Å². The molecule has 0 aliphatic carbocycles. The molecule has 1 aromatic heterocycles. The number of hydrogen-bond acceptors (Lipinski definition) is 5. The lowest BCUT2D eigenvalue weighted by Gasteiger charge is -2.32. The van der Waals surface area contributed by atoms with Gasteiger partial charge in [-0.2, -0.15) is 0 Å². The van der Waals surface area contributed by atoms with Crippen molar-refractivity contribution in [3.05, 3.63) is 65.4 Å². The summed E-state index contributed by atoms with van der Waals surface area (Å²) in [7, 11) is 1.76. The first kappa shape index (κ1) is 25.1. The molecule has 2 heterocycles. The number of nitrogens with zero attached hydrogens (tertiary/aromatic N) is 1. The molecule has 6 nitrogen and oxygen atoms in total. The van der Waals surface area contributed by atoms with Crippen LogP contribution >= 0.6 is 11.9 Å². The van der Waals surface area contributed by atoms with Crippen molar-refractivity contribution in [2.75, 3.05) is 33.1 Å². The molecule has 0 saturated carbocycles. The Labute approximate surface area is 201 Å². The average molecular weight is 470 g/mol. The van der Waals surface area contributed by atoms with Crippen LogP contribution in [0.1, 0.15) is 41.3 Å². The van der Waals surface area contributed by atoms with Crippen molar-refractivity contribution in [3.8, 4) is 5.75 Å². The van der Waals surface area contributed by atoms with Crippen molar-refractivity contribution >= 4 is 28.8 Å². The lowest BCUT2D eigenvalue weighted by molar-refractivity contribution is 0.0125. The number of likely N-dealkylation sites (tertiary alicyclic amines) is 1. The van der Waals surface area contributed by atoms with E-state index in [0.29, 0.717) is 11.7 Å². The zero-order valence-corrected chi connectivity index (χ0v) is 20.8. The average Bonchev–Trinajstić information content (AvgIpc) is 3.34. The van der Waals surface area contributed by atoms with Crippen molar-refractivity contribution < 1.29 is 14.3 Å². The molecule has 3 aromatic rings. The number of aromatic amines is 1. The van der Waals surface area contributed by atoms with Gasteiger partial charge in [0.15, 0.2) is 0 Å². The number of H-pyrrole nitrogens is 1. The number of methoxy groups -OCH3 is 1. The number of amides is 1. The number of piperidine rings is 1. The highest BCUT2D eigenvalue weighted by molar-refractivity contribution is 7.97. The Morgan fingerprint density at radius 3 is 2.58 bits per heavy atom. The molecule has 1 aliphatic heterocycles. The Morgan fingerprint density at radius 1 is 1.21 bits per heavy atom. The predicted molar refractivity (Wildman–Crippen MR) is 137 cm³/mol. The Bertz CT molecular complexity index is 1010. The molecule has 1 amide bonds. The largest absolute Gasteiger partial charge is 0.496 e. The molecular formula is C26H35N3O3S. The fraction of sp³-hybridized carbons (Fsp3) is 0.423. The lowest BCUT2D eigenvalue weighted by atomic mass is 10.0. The standard InChI is InChI=1S/C18H26N2O2.C8H9NOS/c1-4-22-14-6-9-20(10-7-14)12-16-15-5-8-19-18(15)13(2)11-17(16)21-3;1-11-9-8(10)7-5-3-2-4-6-7/h5,8,11,14,19H,4,6-7,9-10,12H2,1-3H3;2-6H,1H3,(H,9,10). The molecule has 2 N–H and O–H groups in total. The first-order valence-corrected chi connectivity index (χ1v) is 12.7. The van der Waals surface area contributed by atoms with Gasteiger partial charge in [-0.3, -0.25) is 14.4 Å². The number of nitrogens with one attached hydrogen (secondary N) is 2. The van der Waals surface area contributed by atoms with Crippen LogP contribution in [0.3, 0.4) is 0 Å². The molecular weight excluding hydrogens is 434 g/mol. The number of ether oxygens (including phenoxy) is 2. The van der Waals surface area contributed by atoms with Gasteiger partial charge in [0.2, 0.25) is 0 Å². The van der Waals surface area contributed by atoms with E-state index in [0.717, 1.165) is 44.8 Å². The minimum absolute atomic E-state index is 0.0434. The molecule has 1 aliphatic rings. The molecule has 33 heavy (non-hydrogen) atoms. The van der Waals surface area contributed by atoms with E-state index in [4.69, 9.17) is 9.47 Å². The zero-order chi connectivity index (χ0) is 23.6. The Hall–Kier alpha value is -2.48. The number of carbonyl (C=O) groups excluding carboxylic acids is 1. The van der Waals surface area contributed by atoms with E-state index in [1.54, 1.807) is 19.2 Å². The molecule has 0 bridgehead atoms. The predicted octanol–water partition coefficient (Wildman–Crippen LogP) is 5.18. The van der Waals surface area contributed by atoms with E-state index in [1.165, 1.54) is 34.0 Å². The second kappa shape index (κ2) is 12.7. The van der Waals surface area contributed by atoms with Crippen LogP contribution in [-0.4, -0.2) is 55.0 Å². The third-order valence-electron chi connectivity index (χ3n) is 5.88. The van der Waals surface area contributed by atoms with Gasteiger partial charge in [-0.1, -0.05) is 30.1 Å². The third-order valence-corrected chi connectivity index (χ3v) is 6.27. The van der Waals surface area contributed by atoms with Crippen molar-refractivity contribution in [2.24, 2.45) is 0 Å². The SMILES string of the molecule is CCOC1CCN(Cc2c(OC)cc(C)c3[nH]ccc23)CC1.CSNC(=O)c1ccccc1. The molecule has 0 atom stereocenters. The van der Waals surface area contributed by atoms with Crippen molar-refractivity contribution in [2.45, 2.75) is 39.3 Å². The summed E-state index contributed by atoms with van der Waals surface area (Å²) < 4.78 is 14.0. The number of benzene rings is 2. The van der Waals surface area contributed by atoms with Gasteiger partial charge in [0.1, 0.15) is 5.75 Å². The first-order chi connectivity index (χ1) is 16.1. The molecule has 7 heteroatoms. The summed E-state index contributed by atoms with van der Waals surface area (Å²) in [6.45, 7) is 8.14. The van der Waals surface area contributed by atoms with E-state index in [2.05, 4.69) is 40.6 Å². The first-order valence-electron chi connectivity index (χ1n) is 11.4. The molecule has 1 fully saturated rings. The van der Waals surface area contributed by atoms with E-state index >= 15 is 0 Å². The molecule has 0 spiro atoms. The van der Waals surface area contributed by atoms with Crippen LogP contribution in [0.4, 0.5) is 0 Å². The summed E-state index contributed by atoms with van der Waals surface area (Å²) in [5.74, 6) is 0.953. The summed E-state index contributed by atoms with van der Waals surface area (Å²) in [6.07, 6.45) is 6.52. The maximum Gasteiger partial charge on any atom is 0.261 e. The number of carbonyl (C=O) groups is 1. The summed E-state index contributed by atoms with van der Waals surface area (Å²) in [4.78, 5) is 17.0. The van der Waals surface area contributed by atoms with Crippen molar-refractivity contribution in [1.29, 1.82) is 0 Å². The topological polar surface area (TPSA) is 66.6 Å². The minimum Gasteiger partial charge on any atom is -0.496 e. The summed E-state index contributed by atoms with van der Waals surface area (Å²) in [5.41, 5.74) is 4.44. The normalized spacial score (nSPS) is 14.5. The highest BCUT2D eigenvalue weighted by Crippen LogP contribution is 2.32. The van der Waals surface area contributed by atoms with Gasteiger partial charge in [-0.05, 0) is 56.5 Å². The van der Waals surface area contributed by atoms with Gasteiger partial charge in [0.05, 0.1) is 13.2 Å². The van der Waals surface area contributed by atoms with Gasteiger partial charge < -0.3 is 14.5 Å². The smallest absolute Gasteiger partial charge is 0.261 e. The molecule has 0 radical (unpaired) electrons. The fourth-order valence-corrected chi connectivity index (χ4v) is 4.52. The Morgan fingerprint density at radius 2 is 1.94 bits per heavy atom. The maximum absolute atomic E-state index is 11.1. The second-order valence-corrected chi connectivity index (χ2v) is 8.69. The number of rotatable bonds is 7.